The molecule has 0 saturated carbocycles. The van der Waals surface area contributed by atoms with Crippen molar-refractivity contribution in [3.05, 3.63) is 24.3 Å². The molecule has 1 aromatic carbocycles. The largest absolute Gasteiger partial charge is 0.504 e. The number of amides is 1. The van der Waals surface area contributed by atoms with E-state index in [-0.39, 0.29) is 11.5 Å². The monoisotopic (exact) mass is 215 g/mol. The van der Waals surface area contributed by atoms with Gasteiger partial charge < -0.3 is 15.2 Å². The molecule has 0 radical (unpaired) electrons. The highest BCUT2D eigenvalue weighted by Crippen LogP contribution is 2.24. The minimum absolute atomic E-state index is 0.0754. The molecule has 0 aromatic heterocycles. The second kappa shape index (κ2) is 5.34. The first-order valence-electron chi connectivity index (χ1n) is 4.03. The maximum atomic E-state index is 11.0. The second-order valence-electron chi connectivity index (χ2n) is 2.47. The number of halogens is 1. The summed E-state index contributed by atoms with van der Waals surface area (Å²) in [6, 6.07) is 6.22. The Morgan fingerprint density at radius 1 is 1.50 bits per heavy atom. The Morgan fingerprint density at radius 3 is 2.86 bits per heavy atom. The number of phenolic OH excluding ortho intramolecular Hbond substituents is 1. The van der Waals surface area contributed by atoms with Crippen LogP contribution >= 0.6 is 11.6 Å². The molecule has 0 heterocycles. The van der Waals surface area contributed by atoms with Gasteiger partial charge in [0, 0.05) is 12.4 Å². The molecule has 0 aliphatic carbocycles. The normalized spacial score (nSPS) is 9.50. The lowest BCUT2D eigenvalue weighted by molar-refractivity contribution is 0.199. The van der Waals surface area contributed by atoms with E-state index in [1.165, 1.54) is 12.1 Å². The van der Waals surface area contributed by atoms with Gasteiger partial charge in [-0.3, -0.25) is 0 Å². The highest BCUT2D eigenvalue weighted by Gasteiger charge is 2.06. The standard InChI is InChI=1S/C9H10ClNO3/c10-5-6-11-9(13)14-8-4-2-1-3-7(8)12/h1-4,12H,5-6H2,(H,11,13). The minimum Gasteiger partial charge on any atom is -0.504 e. The van der Waals surface area contributed by atoms with E-state index < -0.39 is 6.09 Å². The fourth-order valence-electron chi connectivity index (χ4n) is 0.829. The average Bonchev–Trinajstić information content (AvgIpc) is 2.18. The number of carbonyl (C=O) groups excluding carboxylic acids is 1. The van der Waals surface area contributed by atoms with Crippen molar-refractivity contribution in [2.45, 2.75) is 0 Å². The third kappa shape index (κ3) is 3.14. The Bertz CT molecular complexity index is 317. The topological polar surface area (TPSA) is 58.6 Å². The van der Waals surface area contributed by atoms with Crippen LogP contribution in [0.3, 0.4) is 0 Å². The second-order valence-corrected chi connectivity index (χ2v) is 2.85. The molecule has 0 spiro atoms. The molecule has 1 amide bonds. The van der Waals surface area contributed by atoms with E-state index in [1.807, 2.05) is 0 Å². The lowest BCUT2D eigenvalue weighted by Gasteiger charge is -2.05. The van der Waals surface area contributed by atoms with Crippen molar-refractivity contribution in [1.29, 1.82) is 0 Å². The van der Waals surface area contributed by atoms with E-state index in [9.17, 15) is 9.90 Å². The van der Waals surface area contributed by atoms with Gasteiger partial charge >= 0.3 is 6.09 Å². The van der Waals surface area contributed by atoms with Gasteiger partial charge in [0.15, 0.2) is 11.5 Å². The molecule has 5 heteroatoms. The fraction of sp³-hybridized carbons (Fsp3) is 0.222. The molecule has 0 saturated heterocycles. The van der Waals surface area contributed by atoms with Crippen LogP contribution in [0.5, 0.6) is 11.5 Å². The van der Waals surface area contributed by atoms with Gasteiger partial charge in [0.2, 0.25) is 0 Å². The molecule has 0 unspecified atom stereocenters. The van der Waals surface area contributed by atoms with E-state index in [4.69, 9.17) is 16.3 Å². The molecule has 76 valence electrons. The first-order valence-corrected chi connectivity index (χ1v) is 4.57. The number of benzene rings is 1. The predicted molar refractivity (Wildman–Crippen MR) is 52.9 cm³/mol. The molecule has 0 bridgehead atoms. The molecule has 2 N–H and O–H groups in total. The van der Waals surface area contributed by atoms with Gasteiger partial charge in [-0.2, -0.15) is 0 Å². The van der Waals surface area contributed by atoms with E-state index in [1.54, 1.807) is 12.1 Å². The van der Waals surface area contributed by atoms with Crippen LogP contribution in [0.4, 0.5) is 4.79 Å². The van der Waals surface area contributed by atoms with Crippen LogP contribution in [0.1, 0.15) is 0 Å². The van der Waals surface area contributed by atoms with E-state index in [0.717, 1.165) is 0 Å². The van der Waals surface area contributed by atoms with Crippen molar-refractivity contribution in [3.8, 4) is 11.5 Å². The molecular formula is C9H10ClNO3. The van der Waals surface area contributed by atoms with E-state index in [0.29, 0.717) is 12.4 Å². The average molecular weight is 216 g/mol. The maximum Gasteiger partial charge on any atom is 0.412 e. The Balaban J connectivity index is 2.52. The van der Waals surface area contributed by atoms with Crippen molar-refractivity contribution < 1.29 is 14.6 Å². The molecule has 0 atom stereocenters. The van der Waals surface area contributed by atoms with Gasteiger partial charge in [-0.1, -0.05) is 12.1 Å². The molecule has 0 fully saturated rings. The number of phenols is 1. The van der Waals surface area contributed by atoms with Crippen molar-refractivity contribution in [2.24, 2.45) is 0 Å². The summed E-state index contributed by atoms with van der Waals surface area (Å²) in [5.41, 5.74) is 0. The molecular weight excluding hydrogens is 206 g/mol. The summed E-state index contributed by atoms with van der Waals surface area (Å²) < 4.78 is 4.79. The Labute approximate surface area is 86.4 Å². The number of hydrogen-bond donors (Lipinski definition) is 2. The number of aromatic hydroxyl groups is 1. The number of carbonyl (C=O) groups is 1. The van der Waals surface area contributed by atoms with Crippen LogP contribution in [0.25, 0.3) is 0 Å². The van der Waals surface area contributed by atoms with Crippen LogP contribution in [0.15, 0.2) is 24.3 Å². The molecule has 0 aliphatic rings. The highest BCUT2D eigenvalue weighted by molar-refractivity contribution is 6.18. The number of hydrogen-bond acceptors (Lipinski definition) is 3. The van der Waals surface area contributed by atoms with Crippen LogP contribution in [-0.4, -0.2) is 23.6 Å². The summed E-state index contributed by atoms with van der Waals surface area (Å²) in [5, 5.41) is 11.7. The summed E-state index contributed by atoms with van der Waals surface area (Å²) in [5.74, 6) is 0.365. The van der Waals surface area contributed by atoms with Crippen molar-refractivity contribution in [3.63, 3.8) is 0 Å². The van der Waals surface area contributed by atoms with E-state index >= 15 is 0 Å². The van der Waals surface area contributed by atoms with Gasteiger partial charge in [0.1, 0.15) is 0 Å². The molecule has 4 nitrogen and oxygen atoms in total. The number of para-hydroxylation sites is 2. The molecule has 1 aromatic rings. The van der Waals surface area contributed by atoms with Crippen molar-refractivity contribution >= 4 is 17.7 Å². The van der Waals surface area contributed by atoms with Crippen LogP contribution in [-0.2, 0) is 0 Å². The predicted octanol–water partition coefficient (Wildman–Crippen LogP) is 1.72. The zero-order chi connectivity index (χ0) is 10.4. The summed E-state index contributed by atoms with van der Waals surface area (Å²) in [6.45, 7) is 0.327. The lowest BCUT2D eigenvalue weighted by Crippen LogP contribution is -2.28. The summed E-state index contributed by atoms with van der Waals surface area (Å²) in [7, 11) is 0. The summed E-state index contributed by atoms with van der Waals surface area (Å²) in [6.07, 6.45) is -0.632. The highest BCUT2D eigenvalue weighted by atomic mass is 35.5. The zero-order valence-corrected chi connectivity index (χ0v) is 8.12. The minimum atomic E-state index is -0.632. The molecule has 1 rings (SSSR count). The SMILES string of the molecule is O=C(NCCCl)Oc1ccccc1O. The molecule has 0 aliphatic heterocycles. The van der Waals surface area contributed by atoms with Gasteiger partial charge in [-0.15, -0.1) is 11.6 Å². The lowest BCUT2D eigenvalue weighted by atomic mass is 10.3. The number of nitrogens with one attached hydrogen (secondary N) is 1. The van der Waals surface area contributed by atoms with Crippen LogP contribution in [0.2, 0.25) is 0 Å². The summed E-state index contributed by atoms with van der Waals surface area (Å²) in [4.78, 5) is 11.0. The van der Waals surface area contributed by atoms with Crippen molar-refractivity contribution in [1.82, 2.24) is 5.32 Å². The van der Waals surface area contributed by atoms with Gasteiger partial charge in [-0.05, 0) is 12.1 Å². The van der Waals surface area contributed by atoms with E-state index in [2.05, 4.69) is 5.32 Å². The summed E-state index contributed by atoms with van der Waals surface area (Å²) >= 11 is 5.36. The smallest absolute Gasteiger partial charge is 0.412 e. The van der Waals surface area contributed by atoms with Crippen molar-refractivity contribution in [2.75, 3.05) is 12.4 Å². The third-order valence-corrected chi connectivity index (χ3v) is 1.62. The number of ether oxygens (including phenoxy) is 1. The van der Waals surface area contributed by atoms with Crippen LogP contribution in [0, 0.1) is 0 Å². The van der Waals surface area contributed by atoms with Gasteiger partial charge in [0.25, 0.3) is 0 Å². The maximum absolute atomic E-state index is 11.0. The fourth-order valence-corrected chi connectivity index (χ4v) is 0.923. The Morgan fingerprint density at radius 2 is 2.21 bits per heavy atom. The first-order chi connectivity index (χ1) is 6.74. The van der Waals surface area contributed by atoms with Gasteiger partial charge in [-0.25, -0.2) is 4.79 Å². The molecule has 14 heavy (non-hydrogen) atoms. The van der Waals surface area contributed by atoms with Gasteiger partial charge in [0.05, 0.1) is 0 Å². The number of rotatable bonds is 3. The zero-order valence-electron chi connectivity index (χ0n) is 7.37. The Kier molecular flexibility index (Phi) is 4.07. The first kappa shape index (κ1) is 10.7. The third-order valence-electron chi connectivity index (χ3n) is 1.43. The van der Waals surface area contributed by atoms with Crippen LogP contribution < -0.4 is 10.1 Å². The quantitative estimate of drug-likeness (QED) is 0.755. The Hall–Kier alpha value is -1.42. The number of alkyl halides is 1.